The summed E-state index contributed by atoms with van der Waals surface area (Å²) >= 11 is 1.12. The van der Waals surface area contributed by atoms with E-state index >= 15 is 0 Å². The fourth-order valence-electron chi connectivity index (χ4n) is 3.71. The van der Waals surface area contributed by atoms with Gasteiger partial charge < -0.3 is 4.74 Å². The first kappa shape index (κ1) is 24.5. The summed E-state index contributed by atoms with van der Waals surface area (Å²) in [6.07, 6.45) is 1.63. The lowest BCUT2D eigenvalue weighted by molar-refractivity contribution is 0.0737. The molecule has 10 heteroatoms. The Balaban J connectivity index is 1.54. The number of carbonyl (C=O) groups is 1. The van der Waals surface area contributed by atoms with Crippen LogP contribution >= 0.6 is 11.8 Å². The minimum atomic E-state index is -1.35. The molecule has 4 aromatic rings. The largest absolute Gasteiger partial charge is 0.487 e. The van der Waals surface area contributed by atoms with Crippen LogP contribution in [-0.2, 0) is 6.61 Å². The fourth-order valence-corrected chi connectivity index (χ4v) is 4.89. The van der Waals surface area contributed by atoms with E-state index in [0.29, 0.717) is 39.7 Å². The van der Waals surface area contributed by atoms with Gasteiger partial charge in [-0.25, -0.2) is 22.6 Å². The summed E-state index contributed by atoms with van der Waals surface area (Å²) in [4.78, 5) is 17.6. The molecule has 186 valence electrons. The molecule has 1 aromatic heterocycles. The number of halogens is 4. The van der Waals surface area contributed by atoms with E-state index < -0.39 is 40.1 Å². The number of hydrogen-bond acceptors (Lipinski definition) is 5. The van der Waals surface area contributed by atoms with E-state index in [1.807, 2.05) is 6.07 Å². The maximum atomic E-state index is 14.5. The molecule has 0 spiro atoms. The lowest BCUT2D eigenvalue weighted by atomic mass is 10.1. The normalized spacial score (nSPS) is 15.0. The lowest BCUT2D eigenvalue weighted by Gasteiger charge is -2.23. The molecule has 2 heterocycles. The molecule has 5 rings (SSSR count). The highest BCUT2D eigenvalue weighted by atomic mass is 32.2. The van der Waals surface area contributed by atoms with Crippen LogP contribution in [0.25, 0.3) is 0 Å². The molecule has 1 amide bonds. The van der Waals surface area contributed by atoms with Crippen molar-refractivity contribution in [3.8, 4) is 5.75 Å². The van der Waals surface area contributed by atoms with Gasteiger partial charge in [-0.3, -0.25) is 9.78 Å². The van der Waals surface area contributed by atoms with Gasteiger partial charge in [0.15, 0.2) is 0 Å². The van der Waals surface area contributed by atoms with Crippen molar-refractivity contribution in [2.45, 2.75) is 12.0 Å². The van der Waals surface area contributed by atoms with Gasteiger partial charge in [-0.1, -0.05) is 36.0 Å². The molecule has 1 unspecified atom stereocenters. The predicted octanol–water partition coefficient (Wildman–Crippen LogP) is 6.47. The van der Waals surface area contributed by atoms with Gasteiger partial charge in [0.1, 0.15) is 51.6 Å². The van der Waals surface area contributed by atoms with E-state index in [9.17, 15) is 22.4 Å². The Hall–Kier alpha value is -4.18. The van der Waals surface area contributed by atoms with Crippen LogP contribution in [0.15, 0.2) is 90.2 Å². The van der Waals surface area contributed by atoms with E-state index in [-0.39, 0.29) is 6.61 Å². The first-order chi connectivity index (χ1) is 17.9. The molecule has 0 saturated heterocycles. The Morgan fingerprint density at radius 1 is 0.892 bits per heavy atom. The highest BCUT2D eigenvalue weighted by molar-refractivity contribution is 8.14. The molecular formula is C27H17F4N3O2S. The molecule has 1 aliphatic heterocycles. The van der Waals surface area contributed by atoms with Crippen molar-refractivity contribution in [3.05, 3.63) is 131 Å². The molecular weight excluding hydrogens is 506 g/mol. The zero-order valence-electron chi connectivity index (χ0n) is 18.9. The van der Waals surface area contributed by atoms with Gasteiger partial charge in [0.05, 0.1) is 5.69 Å². The first-order valence-electron chi connectivity index (χ1n) is 11.0. The second kappa shape index (κ2) is 10.4. The minimum absolute atomic E-state index is 0.135. The average Bonchev–Trinajstić information content (AvgIpc) is 3.33. The van der Waals surface area contributed by atoms with Gasteiger partial charge in [0, 0.05) is 29.5 Å². The molecule has 0 bridgehead atoms. The lowest BCUT2D eigenvalue weighted by Crippen LogP contribution is -2.28. The quantitative estimate of drug-likeness (QED) is 0.272. The maximum Gasteiger partial charge on any atom is 0.281 e. The average molecular weight is 524 g/mol. The Bertz CT molecular complexity index is 1460. The number of ether oxygens (including phenoxy) is 1. The van der Waals surface area contributed by atoms with Crippen LogP contribution in [0.1, 0.15) is 32.6 Å². The third-order valence-electron chi connectivity index (χ3n) is 5.45. The summed E-state index contributed by atoms with van der Waals surface area (Å²) in [6.45, 7) is 0.135. The van der Waals surface area contributed by atoms with Crippen LogP contribution in [0.5, 0.6) is 5.75 Å². The van der Waals surface area contributed by atoms with Crippen LogP contribution in [0.3, 0.4) is 0 Å². The van der Waals surface area contributed by atoms with Crippen molar-refractivity contribution >= 4 is 22.7 Å². The van der Waals surface area contributed by atoms with Gasteiger partial charge >= 0.3 is 0 Å². The van der Waals surface area contributed by atoms with Crippen LogP contribution in [-0.4, -0.2) is 20.9 Å². The number of rotatable bonds is 6. The molecule has 3 aromatic carbocycles. The van der Waals surface area contributed by atoms with Gasteiger partial charge in [-0.15, -0.1) is 0 Å². The van der Waals surface area contributed by atoms with Crippen LogP contribution in [0.2, 0.25) is 0 Å². The molecule has 0 radical (unpaired) electrons. The van der Waals surface area contributed by atoms with Crippen LogP contribution in [0, 0.1) is 23.3 Å². The van der Waals surface area contributed by atoms with Gasteiger partial charge in [0.2, 0.25) is 0 Å². The van der Waals surface area contributed by atoms with Crippen LogP contribution in [0.4, 0.5) is 17.6 Å². The number of nitrogens with zero attached hydrogens (tertiary/aromatic N) is 3. The number of pyridine rings is 1. The summed E-state index contributed by atoms with van der Waals surface area (Å²) < 4.78 is 62.0. The van der Waals surface area contributed by atoms with Crippen LogP contribution < -0.4 is 4.74 Å². The molecule has 1 aliphatic rings. The Kier molecular flexibility index (Phi) is 6.91. The number of thioether (sulfide) groups is 1. The Morgan fingerprint density at radius 2 is 1.59 bits per heavy atom. The zero-order chi connectivity index (χ0) is 25.9. The third-order valence-corrected chi connectivity index (χ3v) is 6.67. The van der Waals surface area contributed by atoms with Crippen molar-refractivity contribution in [1.82, 2.24) is 9.99 Å². The van der Waals surface area contributed by atoms with E-state index in [1.165, 1.54) is 24.3 Å². The number of para-hydroxylation sites is 1. The smallest absolute Gasteiger partial charge is 0.281 e. The van der Waals surface area contributed by atoms with Crippen molar-refractivity contribution < 1.29 is 27.1 Å². The molecule has 0 aliphatic carbocycles. The second-order valence-corrected chi connectivity index (χ2v) is 8.99. The Labute approximate surface area is 213 Å². The molecule has 5 nitrogen and oxygen atoms in total. The second-order valence-electron chi connectivity index (χ2n) is 7.92. The van der Waals surface area contributed by atoms with Gasteiger partial charge in [-0.2, -0.15) is 5.10 Å². The van der Waals surface area contributed by atoms with E-state index in [0.717, 1.165) is 16.8 Å². The SMILES string of the molecule is O=C(c1c(F)cc(F)cc1F)N1N=C(c2ccc(F)cc2)SC1c1ccccc1OCc1ccccn1. The Morgan fingerprint density at radius 3 is 2.30 bits per heavy atom. The van der Waals surface area contributed by atoms with Gasteiger partial charge in [0.25, 0.3) is 5.91 Å². The molecule has 37 heavy (non-hydrogen) atoms. The summed E-state index contributed by atoms with van der Waals surface area (Å²) in [5.41, 5.74) is 0.727. The predicted molar refractivity (Wildman–Crippen MR) is 131 cm³/mol. The maximum absolute atomic E-state index is 14.5. The number of carbonyl (C=O) groups excluding carboxylic acids is 1. The topological polar surface area (TPSA) is 54.8 Å². The monoisotopic (exact) mass is 523 g/mol. The standard InChI is InChI=1S/C27H17F4N3O2S/c28-17-10-8-16(9-11-17)25-33-34(26(35)24-21(30)13-18(29)14-22(24)31)27(37-25)20-6-1-2-7-23(20)36-15-19-5-3-4-12-32-19/h1-14,27H,15H2. The molecule has 1 atom stereocenters. The van der Waals surface area contributed by atoms with Gasteiger partial charge in [-0.05, 0) is 42.5 Å². The van der Waals surface area contributed by atoms with Crippen molar-refractivity contribution in [1.29, 1.82) is 0 Å². The molecule has 0 fully saturated rings. The molecule has 0 saturated carbocycles. The molecule has 0 N–H and O–H groups in total. The number of hydrogen-bond donors (Lipinski definition) is 0. The fraction of sp³-hybridized carbons (Fsp3) is 0.0741. The first-order valence-corrected chi connectivity index (χ1v) is 11.9. The van der Waals surface area contributed by atoms with Crippen molar-refractivity contribution in [3.63, 3.8) is 0 Å². The third kappa shape index (κ3) is 5.19. The number of amides is 1. The van der Waals surface area contributed by atoms with E-state index in [2.05, 4.69) is 10.1 Å². The number of aromatic nitrogens is 1. The van der Waals surface area contributed by atoms with E-state index in [4.69, 9.17) is 4.74 Å². The van der Waals surface area contributed by atoms with Crippen molar-refractivity contribution in [2.24, 2.45) is 5.10 Å². The minimum Gasteiger partial charge on any atom is -0.487 e. The zero-order valence-corrected chi connectivity index (χ0v) is 19.8. The highest BCUT2D eigenvalue weighted by Crippen LogP contribution is 2.45. The summed E-state index contributed by atoms with van der Waals surface area (Å²) in [5, 5.41) is 4.68. The van der Waals surface area contributed by atoms with Crippen molar-refractivity contribution in [2.75, 3.05) is 0 Å². The number of hydrazone groups is 1. The summed E-state index contributed by atoms with van der Waals surface area (Å²) in [5.74, 6) is -5.01. The summed E-state index contributed by atoms with van der Waals surface area (Å²) in [7, 11) is 0. The van der Waals surface area contributed by atoms with E-state index in [1.54, 1.807) is 42.6 Å². The highest BCUT2D eigenvalue weighted by Gasteiger charge is 2.38. The summed E-state index contributed by atoms with van der Waals surface area (Å²) in [6, 6.07) is 18.5. The number of benzene rings is 3.